The summed E-state index contributed by atoms with van der Waals surface area (Å²) in [7, 11) is 1.42. The van der Waals surface area contributed by atoms with Crippen LogP contribution in [0.3, 0.4) is 0 Å². The quantitative estimate of drug-likeness (QED) is 0.491. The van der Waals surface area contributed by atoms with Gasteiger partial charge in [0.2, 0.25) is 0 Å². The van der Waals surface area contributed by atoms with Crippen molar-refractivity contribution in [3.05, 3.63) is 83.6 Å². The highest BCUT2D eigenvalue weighted by atomic mass is 79.9. The molecule has 2 aromatic rings. The third-order valence-electron chi connectivity index (χ3n) is 6.34. The Morgan fingerprint density at radius 2 is 1.87 bits per heavy atom. The molecular formula is C22H18BrN3O5. The van der Waals surface area contributed by atoms with Gasteiger partial charge in [-0.05, 0) is 45.6 Å². The first-order valence-electron chi connectivity index (χ1n) is 9.77. The number of benzene rings is 1. The topological polar surface area (TPSA) is 103 Å². The number of Topliss-reactive ketones (excluding diaryl/α,β-unsaturated/α-hetero) is 1. The second-order valence-electron chi connectivity index (χ2n) is 8.03. The first kappa shape index (κ1) is 19.7. The van der Waals surface area contributed by atoms with Gasteiger partial charge in [-0.3, -0.25) is 9.59 Å². The van der Waals surface area contributed by atoms with Gasteiger partial charge in [-0.1, -0.05) is 18.2 Å². The van der Waals surface area contributed by atoms with Gasteiger partial charge in [-0.15, -0.1) is 0 Å². The van der Waals surface area contributed by atoms with Gasteiger partial charge in [0, 0.05) is 36.6 Å². The molecule has 8 nitrogen and oxygen atoms in total. The van der Waals surface area contributed by atoms with Crippen molar-refractivity contribution in [2.75, 3.05) is 0 Å². The molecule has 0 spiro atoms. The van der Waals surface area contributed by atoms with Crippen LogP contribution in [-0.2, 0) is 23.2 Å². The van der Waals surface area contributed by atoms with Crippen molar-refractivity contribution in [3.8, 4) is 5.75 Å². The Kier molecular flexibility index (Phi) is 4.23. The Labute approximate surface area is 184 Å². The summed E-state index contributed by atoms with van der Waals surface area (Å²) in [4.78, 5) is 51.4. The van der Waals surface area contributed by atoms with Gasteiger partial charge in [0.25, 0.3) is 0 Å². The maximum Gasteiger partial charge on any atom is 0.347 e. The van der Waals surface area contributed by atoms with Crippen LogP contribution in [0, 0.1) is 6.92 Å². The van der Waals surface area contributed by atoms with Gasteiger partial charge in [0.1, 0.15) is 5.75 Å². The summed E-state index contributed by atoms with van der Waals surface area (Å²) in [5.74, 6) is -0.987. The number of rotatable bonds is 1. The predicted octanol–water partition coefficient (Wildman–Crippen LogP) is 1.76. The predicted molar refractivity (Wildman–Crippen MR) is 115 cm³/mol. The number of aryl methyl sites for hydroxylation is 1. The van der Waals surface area contributed by atoms with E-state index in [0.717, 1.165) is 15.7 Å². The van der Waals surface area contributed by atoms with Crippen LogP contribution in [0.4, 0.5) is 0 Å². The van der Waals surface area contributed by atoms with E-state index in [2.05, 4.69) is 15.9 Å². The fourth-order valence-corrected chi connectivity index (χ4v) is 5.27. The SMILES string of the molecule is Cc1cc([C@H]2C3=CCn4c(=O)n(C)c(=O)n4[C@@H]3CC3=C2C(=O)C=C(Br)C3=O)ccc1O. The Balaban J connectivity index is 1.80. The molecule has 1 aromatic heterocycles. The molecule has 0 saturated heterocycles. The smallest absolute Gasteiger partial charge is 0.347 e. The number of aromatic hydroxyl groups is 1. The van der Waals surface area contributed by atoms with Gasteiger partial charge < -0.3 is 5.11 Å². The van der Waals surface area contributed by atoms with E-state index in [1.807, 2.05) is 6.08 Å². The van der Waals surface area contributed by atoms with Crippen molar-refractivity contribution in [2.45, 2.75) is 31.8 Å². The molecule has 0 unspecified atom stereocenters. The second kappa shape index (κ2) is 6.65. The number of nitrogens with zero attached hydrogens (tertiary/aromatic N) is 3. The van der Waals surface area contributed by atoms with Crippen molar-refractivity contribution in [2.24, 2.45) is 7.05 Å². The standard InChI is InChI=1S/C22H18BrN3O5/c1-10-7-11(3-4-16(10)27)18-12-5-6-25-21(30)24(2)22(31)26(25)15(12)8-13-19(18)17(28)9-14(23)20(13)29/h3-5,7,9,15,18,27H,6,8H2,1-2H3/t15-,18+/m1/s1. The third-order valence-corrected chi connectivity index (χ3v) is 6.93. The molecule has 1 aromatic carbocycles. The summed E-state index contributed by atoms with van der Waals surface area (Å²) in [6.45, 7) is 1.95. The Morgan fingerprint density at radius 3 is 2.58 bits per heavy atom. The highest BCUT2D eigenvalue weighted by Crippen LogP contribution is 2.50. The molecule has 0 saturated carbocycles. The summed E-state index contributed by atoms with van der Waals surface area (Å²) in [6.07, 6.45) is 3.30. The molecular weight excluding hydrogens is 466 g/mol. The van der Waals surface area contributed by atoms with Crippen LogP contribution in [0.5, 0.6) is 5.75 Å². The highest BCUT2D eigenvalue weighted by Gasteiger charge is 2.44. The largest absolute Gasteiger partial charge is 0.508 e. The lowest BCUT2D eigenvalue weighted by Crippen LogP contribution is -2.40. The fraction of sp³-hybridized carbons (Fsp3) is 0.273. The normalized spacial score (nSPS) is 22.5. The van der Waals surface area contributed by atoms with Gasteiger partial charge in [0.15, 0.2) is 11.6 Å². The van der Waals surface area contributed by atoms with Crippen LogP contribution in [-0.4, -0.2) is 30.6 Å². The van der Waals surface area contributed by atoms with E-state index in [-0.39, 0.29) is 34.8 Å². The van der Waals surface area contributed by atoms with E-state index < -0.39 is 23.3 Å². The van der Waals surface area contributed by atoms with Crippen molar-refractivity contribution in [3.63, 3.8) is 0 Å². The molecule has 0 amide bonds. The Hall–Kier alpha value is -3.20. The molecule has 2 aliphatic carbocycles. The molecule has 2 atom stereocenters. The number of phenols is 1. The fourth-order valence-electron chi connectivity index (χ4n) is 4.83. The maximum atomic E-state index is 13.0. The molecule has 0 bridgehead atoms. The van der Waals surface area contributed by atoms with Gasteiger partial charge in [-0.25, -0.2) is 23.5 Å². The van der Waals surface area contributed by atoms with E-state index in [9.17, 15) is 24.3 Å². The van der Waals surface area contributed by atoms with Crippen LogP contribution < -0.4 is 11.4 Å². The summed E-state index contributed by atoms with van der Waals surface area (Å²) >= 11 is 3.18. The van der Waals surface area contributed by atoms with E-state index in [1.54, 1.807) is 25.1 Å². The number of fused-ring (bicyclic) bond motifs is 3. The lowest BCUT2D eigenvalue weighted by atomic mass is 9.68. The van der Waals surface area contributed by atoms with Gasteiger partial charge in [0.05, 0.1) is 17.1 Å². The average molecular weight is 484 g/mol. The molecule has 0 radical (unpaired) electrons. The number of ketones is 2. The van der Waals surface area contributed by atoms with Crippen LogP contribution in [0.1, 0.15) is 29.5 Å². The van der Waals surface area contributed by atoms with Gasteiger partial charge >= 0.3 is 11.4 Å². The molecule has 3 aliphatic rings. The number of carbonyl (C=O) groups is 2. The van der Waals surface area contributed by atoms with Crippen molar-refractivity contribution >= 4 is 27.5 Å². The first-order valence-corrected chi connectivity index (χ1v) is 10.6. The Morgan fingerprint density at radius 1 is 1.13 bits per heavy atom. The summed E-state index contributed by atoms with van der Waals surface area (Å²) in [5.41, 5.74) is 2.02. The molecule has 31 heavy (non-hydrogen) atoms. The zero-order chi connectivity index (χ0) is 22.2. The summed E-state index contributed by atoms with van der Waals surface area (Å²) in [6, 6.07) is 4.50. The lowest BCUT2D eigenvalue weighted by molar-refractivity contribution is -0.115. The molecule has 5 rings (SSSR count). The monoisotopic (exact) mass is 483 g/mol. The summed E-state index contributed by atoms with van der Waals surface area (Å²) < 4.78 is 3.98. The third kappa shape index (κ3) is 2.65. The average Bonchev–Trinajstić information content (AvgIpc) is 2.97. The van der Waals surface area contributed by atoms with Crippen molar-refractivity contribution in [1.29, 1.82) is 0 Å². The molecule has 2 heterocycles. The van der Waals surface area contributed by atoms with Crippen molar-refractivity contribution < 1.29 is 14.7 Å². The number of hydrogen-bond acceptors (Lipinski definition) is 5. The minimum absolute atomic E-state index is 0.129. The zero-order valence-corrected chi connectivity index (χ0v) is 18.3. The maximum absolute atomic E-state index is 13.0. The minimum atomic E-state index is -0.567. The van der Waals surface area contributed by atoms with Crippen molar-refractivity contribution in [1.82, 2.24) is 13.9 Å². The first-order chi connectivity index (χ1) is 14.7. The Bertz CT molecular complexity index is 1420. The zero-order valence-electron chi connectivity index (χ0n) is 16.8. The molecule has 0 fully saturated rings. The van der Waals surface area contributed by atoms with Crippen LogP contribution in [0.2, 0.25) is 0 Å². The number of allylic oxidation sites excluding steroid dienone is 6. The minimum Gasteiger partial charge on any atom is -0.508 e. The van der Waals surface area contributed by atoms with Crippen LogP contribution in [0.15, 0.2) is 61.1 Å². The number of carbonyl (C=O) groups excluding carboxylic acids is 2. The second-order valence-corrected chi connectivity index (χ2v) is 8.89. The number of halogens is 1. The number of aromatic nitrogens is 3. The van der Waals surface area contributed by atoms with Gasteiger partial charge in [-0.2, -0.15) is 0 Å². The number of phenolic OH excluding ortho intramolecular Hbond substituents is 1. The van der Waals surface area contributed by atoms with E-state index >= 15 is 0 Å². The van der Waals surface area contributed by atoms with E-state index in [1.165, 1.54) is 22.5 Å². The molecule has 9 heteroatoms. The van der Waals surface area contributed by atoms with Crippen LogP contribution in [0.25, 0.3) is 0 Å². The van der Waals surface area contributed by atoms with E-state index in [0.29, 0.717) is 16.7 Å². The number of hydrogen-bond donors (Lipinski definition) is 1. The molecule has 1 aliphatic heterocycles. The van der Waals surface area contributed by atoms with Crippen LogP contribution >= 0.6 is 15.9 Å². The molecule has 158 valence electrons. The molecule has 1 N–H and O–H groups in total. The van der Waals surface area contributed by atoms with E-state index in [4.69, 9.17) is 0 Å². The highest BCUT2D eigenvalue weighted by molar-refractivity contribution is 9.12. The lowest BCUT2D eigenvalue weighted by Gasteiger charge is -2.39. The summed E-state index contributed by atoms with van der Waals surface area (Å²) in [5, 5.41) is 9.99.